The third kappa shape index (κ3) is 4.70. The number of aliphatic hydroxyl groups is 1. The zero-order valence-electron chi connectivity index (χ0n) is 14.9. The molecule has 0 aliphatic heterocycles. The first-order chi connectivity index (χ1) is 10.6. The molecule has 6 heteroatoms. The fraction of sp³-hybridized carbons (Fsp3) is 0.765. The zero-order chi connectivity index (χ0) is 17.3. The molecule has 2 rings (SSSR count). The quantitative estimate of drug-likeness (QED) is 0.794. The number of hydrogen-bond donors (Lipinski definition) is 3. The number of aryl methyl sites for hydroxylation is 1. The van der Waals surface area contributed by atoms with Crippen molar-refractivity contribution in [2.75, 3.05) is 6.54 Å². The van der Waals surface area contributed by atoms with Crippen LogP contribution in [0.5, 0.6) is 0 Å². The van der Waals surface area contributed by atoms with Crippen molar-refractivity contribution in [3.8, 4) is 0 Å². The Hall–Kier alpha value is -1.56. The first-order valence-electron chi connectivity index (χ1n) is 8.35. The number of carbonyl (C=O) groups is 1. The van der Waals surface area contributed by atoms with Gasteiger partial charge >= 0.3 is 6.03 Å². The molecule has 1 aliphatic carbocycles. The lowest BCUT2D eigenvalue weighted by atomic mass is 9.70. The van der Waals surface area contributed by atoms with Crippen molar-refractivity contribution in [1.29, 1.82) is 0 Å². The van der Waals surface area contributed by atoms with E-state index < -0.39 is 5.60 Å². The fourth-order valence-electron chi connectivity index (χ4n) is 3.43. The number of amides is 2. The Balaban J connectivity index is 1.83. The number of aromatic nitrogens is 2. The predicted octanol–water partition coefficient (Wildman–Crippen LogP) is 2.14. The van der Waals surface area contributed by atoms with Gasteiger partial charge in [-0.15, -0.1) is 0 Å². The highest BCUT2D eigenvalue weighted by molar-refractivity contribution is 5.74. The largest absolute Gasteiger partial charge is 0.383 e. The average Bonchev–Trinajstić information content (AvgIpc) is 2.87. The van der Waals surface area contributed by atoms with Crippen LogP contribution in [0.25, 0.3) is 0 Å². The molecule has 1 saturated carbocycles. The smallest absolute Gasteiger partial charge is 0.315 e. The Labute approximate surface area is 138 Å². The van der Waals surface area contributed by atoms with Gasteiger partial charge in [-0.05, 0) is 37.5 Å². The first kappa shape index (κ1) is 17.8. The molecule has 130 valence electrons. The lowest BCUT2D eigenvalue weighted by molar-refractivity contribution is 0.0587. The van der Waals surface area contributed by atoms with Crippen LogP contribution in [0.4, 0.5) is 4.79 Å². The Bertz CT molecular complexity index is 551. The van der Waals surface area contributed by atoms with Gasteiger partial charge in [0.25, 0.3) is 0 Å². The first-order valence-corrected chi connectivity index (χ1v) is 8.35. The summed E-state index contributed by atoms with van der Waals surface area (Å²) in [6.45, 7) is 8.58. The van der Waals surface area contributed by atoms with E-state index in [1.165, 1.54) is 0 Å². The molecule has 1 aliphatic rings. The second-order valence-electron chi connectivity index (χ2n) is 7.99. The van der Waals surface area contributed by atoms with Crippen molar-refractivity contribution in [3.63, 3.8) is 0 Å². The van der Waals surface area contributed by atoms with Crippen LogP contribution in [0, 0.1) is 11.3 Å². The number of rotatable bonds is 4. The van der Waals surface area contributed by atoms with Crippen LogP contribution in [-0.4, -0.2) is 33.5 Å². The second kappa shape index (κ2) is 6.51. The van der Waals surface area contributed by atoms with E-state index in [-0.39, 0.29) is 18.6 Å². The molecule has 0 bridgehead atoms. The van der Waals surface area contributed by atoms with Gasteiger partial charge in [-0.25, -0.2) is 4.79 Å². The molecule has 0 unspecified atom stereocenters. The average molecular weight is 322 g/mol. The Morgan fingerprint density at radius 2 is 2.26 bits per heavy atom. The van der Waals surface area contributed by atoms with Gasteiger partial charge < -0.3 is 15.7 Å². The second-order valence-corrected chi connectivity index (χ2v) is 7.99. The van der Waals surface area contributed by atoms with Crippen molar-refractivity contribution in [1.82, 2.24) is 20.4 Å². The molecule has 0 aromatic carbocycles. The van der Waals surface area contributed by atoms with Crippen molar-refractivity contribution >= 4 is 6.03 Å². The van der Waals surface area contributed by atoms with E-state index in [4.69, 9.17) is 0 Å². The maximum Gasteiger partial charge on any atom is 0.315 e. The highest BCUT2D eigenvalue weighted by Gasteiger charge is 2.33. The predicted molar refractivity (Wildman–Crippen MR) is 89.9 cm³/mol. The van der Waals surface area contributed by atoms with Gasteiger partial charge in [0.1, 0.15) is 5.60 Å². The lowest BCUT2D eigenvalue weighted by Gasteiger charge is -2.39. The van der Waals surface area contributed by atoms with Gasteiger partial charge in [0.05, 0.1) is 12.7 Å². The summed E-state index contributed by atoms with van der Waals surface area (Å²) >= 11 is 0. The van der Waals surface area contributed by atoms with Crippen LogP contribution in [0.1, 0.15) is 52.5 Å². The number of hydrogen-bond acceptors (Lipinski definition) is 3. The maximum absolute atomic E-state index is 12.1. The van der Waals surface area contributed by atoms with Crippen LogP contribution < -0.4 is 10.6 Å². The van der Waals surface area contributed by atoms with E-state index in [1.54, 1.807) is 31.0 Å². The summed E-state index contributed by atoms with van der Waals surface area (Å²) < 4.78 is 1.63. The number of nitrogens with zero attached hydrogens (tertiary/aromatic N) is 2. The van der Waals surface area contributed by atoms with E-state index in [9.17, 15) is 9.90 Å². The van der Waals surface area contributed by atoms with E-state index >= 15 is 0 Å². The highest BCUT2D eigenvalue weighted by Crippen LogP contribution is 2.38. The molecule has 3 N–H and O–H groups in total. The summed E-state index contributed by atoms with van der Waals surface area (Å²) in [6, 6.07) is -0.0166. The van der Waals surface area contributed by atoms with Crippen molar-refractivity contribution in [2.24, 2.45) is 18.4 Å². The number of nitrogens with one attached hydrogen (secondary N) is 2. The SMILES string of the molecule is C[C@@H]1CC(C)(C)CC[C@H]1NC(=O)NC[C@@](C)(O)c1cnn(C)c1. The zero-order valence-corrected chi connectivity index (χ0v) is 14.9. The maximum atomic E-state index is 12.1. The molecular weight excluding hydrogens is 292 g/mol. The van der Waals surface area contributed by atoms with Crippen LogP contribution in [0.3, 0.4) is 0 Å². The van der Waals surface area contributed by atoms with E-state index in [2.05, 4.69) is 36.5 Å². The third-order valence-electron chi connectivity index (χ3n) is 4.93. The van der Waals surface area contributed by atoms with Crippen LogP contribution in [-0.2, 0) is 12.6 Å². The molecule has 1 aromatic rings. The molecule has 23 heavy (non-hydrogen) atoms. The minimum absolute atomic E-state index is 0.150. The summed E-state index contributed by atoms with van der Waals surface area (Å²) in [6.07, 6.45) is 6.61. The molecular formula is C17H30N4O2. The molecule has 0 radical (unpaired) electrons. The minimum atomic E-state index is -1.13. The van der Waals surface area contributed by atoms with Crippen molar-refractivity contribution < 1.29 is 9.90 Å². The van der Waals surface area contributed by atoms with Gasteiger partial charge in [-0.2, -0.15) is 5.10 Å². The molecule has 0 saturated heterocycles. The summed E-state index contributed by atoms with van der Waals surface area (Å²) in [4.78, 5) is 12.1. The monoisotopic (exact) mass is 322 g/mol. The van der Waals surface area contributed by atoms with Gasteiger partial charge in [0, 0.05) is 24.8 Å². The van der Waals surface area contributed by atoms with Crippen LogP contribution in [0.15, 0.2) is 12.4 Å². The molecule has 6 nitrogen and oxygen atoms in total. The van der Waals surface area contributed by atoms with E-state index in [1.807, 2.05) is 0 Å². The molecule has 2 amide bonds. The topological polar surface area (TPSA) is 79.2 Å². The third-order valence-corrected chi connectivity index (χ3v) is 4.93. The Morgan fingerprint density at radius 1 is 1.57 bits per heavy atom. The Morgan fingerprint density at radius 3 is 2.83 bits per heavy atom. The summed E-state index contributed by atoms with van der Waals surface area (Å²) in [7, 11) is 1.80. The molecule has 3 atom stereocenters. The molecule has 0 spiro atoms. The van der Waals surface area contributed by atoms with Crippen LogP contribution >= 0.6 is 0 Å². The normalized spacial score (nSPS) is 26.3. The lowest BCUT2D eigenvalue weighted by Crippen LogP contribution is -2.50. The van der Waals surface area contributed by atoms with Gasteiger partial charge in [0.2, 0.25) is 0 Å². The van der Waals surface area contributed by atoms with Crippen molar-refractivity contribution in [2.45, 2.75) is 58.6 Å². The van der Waals surface area contributed by atoms with Crippen LogP contribution in [0.2, 0.25) is 0 Å². The van der Waals surface area contributed by atoms with Gasteiger partial charge in [-0.1, -0.05) is 20.8 Å². The summed E-state index contributed by atoms with van der Waals surface area (Å²) in [5, 5.41) is 20.4. The minimum Gasteiger partial charge on any atom is -0.383 e. The van der Waals surface area contributed by atoms with Gasteiger partial charge in [0.15, 0.2) is 0 Å². The van der Waals surface area contributed by atoms with Crippen molar-refractivity contribution in [3.05, 3.63) is 18.0 Å². The highest BCUT2D eigenvalue weighted by atomic mass is 16.3. The van der Waals surface area contributed by atoms with Gasteiger partial charge in [-0.3, -0.25) is 4.68 Å². The Kier molecular flexibility index (Phi) is 5.04. The molecule has 1 heterocycles. The number of carbonyl (C=O) groups excluding carboxylic acids is 1. The molecule has 1 aromatic heterocycles. The summed E-state index contributed by atoms with van der Waals surface area (Å²) in [5.74, 6) is 0.461. The molecule has 1 fully saturated rings. The van der Waals surface area contributed by atoms with E-state index in [0.717, 1.165) is 19.3 Å². The summed E-state index contributed by atoms with van der Waals surface area (Å²) in [5.41, 5.74) is -0.0859. The number of urea groups is 1. The standard InChI is InChI=1S/C17H30N4O2/c1-12-8-16(2,3)7-6-14(12)20-15(22)18-11-17(4,23)13-9-19-21(5)10-13/h9-10,12,14,23H,6-8,11H2,1-5H3,(H2,18,20,22)/t12-,14-,17-/m1/s1. The van der Waals surface area contributed by atoms with E-state index in [0.29, 0.717) is 16.9 Å². The fourth-order valence-corrected chi connectivity index (χ4v) is 3.43.